The molecular weight excluding hydrogens is 372 g/mol. The third-order valence-corrected chi connectivity index (χ3v) is 3.10. The highest BCUT2D eigenvalue weighted by molar-refractivity contribution is 6.40. The highest BCUT2D eigenvalue weighted by Gasteiger charge is 2.41. The van der Waals surface area contributed by atoms with E-state index < -0.39 is 19.1 Å². The summed E-state index contributed by atoms with van der Waals surface area (Å²) in [7, 11) is 0. The molecule has 0 saturated carbocycles. The molecule has 10 heteroatoms. The van der Waals surface area contributed by atoms with Gasteiger partial charge in [0.1, 0.15) is 6.61 Å². The molecule has 0 aromatic heterocycles. The first-order valence-electron chi connectivity index (χ1n) is 6.02. The van der Waals surface area contributed by atoms with Gasteiger partial charge in [-0.3, -0.25) is 0 Å². The van der Waals surface area contributed by atoms with Crippen LogP contribution in [0.2, 0.25) is 15.1 Å². The van der Waals surface area contributed by atoms with Crippen molar-refractivity contribution < 1.29 is 27.0 Å². The van der Waals surface area contributed by atoms with Crippen LogP contribution >= 0.6 is 34.8 Å². The van der Waals surface area contributed by atoms with Crippen molar-refractivity contribution in [3.63, 3.8) is 0 Å². The zero-order valence-corrected chi connectivity index (χ0v) is 13.3. The Morgan fingerprint density at radius 1 is 1.05 bits per heavy atom. The summed E-state index contributed by atoms with van der Waals surface area (Å²) in [6.45, 7) is -0.237. The molecular formula is C12H12Cl3F4NO2. The van der Waals surface area contributed by atoms with E-state index in [4.69, 9.17) is 39.5 Å². The van der Waals surface area contributed by atoms with Crippen LogP contribution in [0, 0.1) is 0 Å². The molecule has 0 heterocycles. The van der Waals surface area contributed by atoms with Crippen LogP contribution in [-0.2, 0) is 4.74 Å². The zero-order valence-electron chi connectivity index (χ0n) is 11.0. The summed E-state index contributed by atoms with van der Waals surface area (Å²) in [4.78, 5) is 0. The summed E-state index contributed by atoms with van der Waals surface area (Å²) < 4.78 is 57.4. The van der Waals surface area contributed by atoms with Crippen molar-refractivity contribution in [1.29, 1.82) is 0 Å². The molecule has 0 saturated heterocycles. The minimum atomic E-state index is -4.44. The van der Waals surface area contributed by atoms with E-state index in [1.165, 1.54) is 12.1 Å². The average Bonchev–Trinajstić information content (AvgIpc) is 2.39. The molecule has 1 N–H and O–H groups in total. The number of hydrogen-bond donors (Lipinski definition) is 1. The fourth-order valence-corrected chi connectivity index (χ4v) is 2.27. The molecule has 22 heavy (non-hydrogen) atoms. The maximum atomic E-state index is 12.4. The number of benzene rings is 1. The van der Waals surface area contributed by atoms with Crippen LogP contribution < -0.4 is 10.1 Å². The Morgan fingerprint density at radius 2 is 1.59 bits per heavy atom. The van der Waals surface area contributed by atoms with Crippen LogP contribution in [0.4, 0.5) is 17.6 Å². The second-order valence-electron chi connectivity index (χ2n) is 4.01. The van der Waals surface area contributed by atoms with Gasteiger partial charge < -0.3 is 14.8 Å². The number of hydrogen-bond acceptors (Lipinski definition) is 3. The van der Waals surface area contributed by atoms with Crippen molar-refractivity contribution in [3.8, 4) is 5.75 Å². The predicted octanol–water partition coefficient (Wildman–Crippen LogP) is 4.49. The second kappa shape index (κ2) is 8.98. The van der Waals surface area contributed by atoms with Crippen LogP contribution in [0.1, 0.15) is 0 Å². The first kappa shape index (κ1) is 19.6. The quantitative estimate of drug-likeness (QED) is 0.503. The summed E-state index contributed by atoms with van der Waals surface area (Å²) in [6, 6.07) is 2.91. The molecule has 1 aromatic rings. The maximum absolute atomic E-state index is 12.4. The molecule has 0 bridgehead atoms. The molecule has 0 aliphatic carbocycles. The monoisotopic (exact) mass is 383 g/mol. The lowest BCUT2D eigenvalue weighted by molar-refractivity contribution is -0.299. The van der Waals surface area contributed by atoms with Gasteiger partial charge in [-0.05, 0) is 12.1 Å². The number of alkyl halides is 4. The van der Waals surface area contributed by atoms with E-state index in [0.29, 0.717) is 5.02 Å². The minimum absolute atomic E-state index is 0.0479. The lowest BCUT2D eigenvalue weighted by atomic mass is 10.3. The number of rotatable bonds is 9. The van der Waals surface area contributed by atoms with Gasteiger partial charge in [0.05, 0.1) is 16.7 Å². The molecule has 0 radical (unpaired) electrons. The highest BCUT2D eigenvalue weighted by Crippen LogP contribution is 2.35. The van der Waals surface area contributed by atoms with Crippen LogP contribution in [-0.4, -0.2) is 38.8 Å². The highest BCUT2D eigenvalue weighted by atomic mass is 35.5. The summed E-state index contributed by atoms with van der Waals surface area (Å²) in [5.41, 5.74) is 0. The molecule has 3 nitrogen and oxygen atoms in total. The second-order valence-corrected chi connectivity index (χ2v) is 5.26. The van der Waals surface area contributed by atoms with Gasteiger partial charge in [0.15, 0.2) is 5.75 Å². The molecule has 0 amide bonds. The molecule has 126 valence electrons. The maximum Gasteiger partial charge on any atom is 0.416 e. The molecule has 0 aliphatic rings. The van der Waals surface area contributed by atoms with Gasteiger partial charge in [-0.15, -0.1) is 0 Å². The number of ether oxygens (including phenoxy) is 2. The summed E-state index contributed by atoms with van der Waals surface area (Å²) >= 11 is 17.5. The Hall–Kier alpha value is -0.470. The minimum Gasteiger partial charge on any atom is -0.489 e. The third kappa shape index (κ3) is 6.34. The van der Waals surface area contributed by atoms with E-state index in [1.807, 2.05) is 0 Å². The van der Waals surface area contributed by atoms with E-state index >= 15 is 0 Å². The first-order valence-corrected chi connectivity index (χ1v) is 7.15. The van der Waals surface area contributed by atoms with Crippen molar-refractivity contribution in [2.45, 2.75) is 12.5 Å². The Labute approximate surface area is 139 Å². The summed E-state index contributed by atoms with van der Waals surface area (Å²) in [5.74, 6) is 0.245. The van der Waals surface area contributed by atoms with E-state index in [-0.39, 0.29) is 35.5 Å². The van der Waals surface area contributed by atoms with Crippen molar-refractivity contribution in [3.05, 3.63) is 27.2 Å². The third-order valence-electron chi connectivity index (χ3n) is 2.32. The average molecular weight is 385 g/mol. The van der Waals surface area contributed by atoms with Gasteiger partial charge in [-0.25, -0.2) is 8.78 Å². The lowest BCUT2D eigenvalue weighted by Crippen LogP contribution is -2.34. The molecule has 0 unspecified atom stereocenters. The Kier molecular flexibility index (Phi) is 7.99. The largest absolute Gasteiger partial charge is 0.489 e. The first-order chi connectivity index (χ1) is 10.2. The molecule has 1 aromatic carbocycles. The van der Waals surface area contributed by atoms with Crippen molar-refractivity contribution in [1.82, 2.24) is 5.32 Å². The fourth-order valence-electron chi connectivity index (χ4n) is 1.34. The molecule has 0 spiro atoms. The molecule has 0 aliphatic heterocycles. The van der Waals surface area contributed by atoms with Crippen LogP contribution in [0.15, 0.2) is 12.1 Å². The predicted molar refractivity (Wildman–Crippen MR) is 76.7 cm³/mol. The Bertz CT molecular complexity index is 468. The molecule has 1 rings (SSSR count). The van der Waals surface area contributed by atoms with Gasteiger partial charge in [-0.2, -0.15) is 8.78 Å². The van der Waals surface area contributed by atoms with Gasteiger partial charge in [-0.1, -0.05) is 34.8 Å². The van der Waals surface area contributed by atoms with Crippen LogP contribution in [0.5, 0.6) is 5.75 Å². The van der Waals surface area contributed by atoms with E-state index in [1.54, 1.807) is 0 Å². The van der Waals surface area contributed by atoms with Gasteiger partial charge in [0.25, 0.3) is 0 Å². The summed E-state index contributed by atoms with van der Waals surface area (Å²) in [5, 5.41) is 3.50. The molecule has 0 atom stereocenters. The lowest BCUT2D eigenvalue weighted by Gasteiger charge is -2.15. The smallest absolute Gasteiger partial charge is 0.416 e. The van der Waals surface area contributed by atoms with E-state index in [9.17, 15) is 17.6 Å². The SMILES string of the molecule is FC(F)C(F)(F)OCCNCCOc1c(Cl)cc(Cl)cc1Cl. The van der Waals surface area contributed by atoms with Gasteiger partial charge in [0, 0.05) is 18.1 Å². The van der Waals surface area contributed by atoms with Crippen LogP contribution in [0.25, 0.3) is 0 Å². The van der Waals surface area contributed by atoms with Crippen molar-refractivity contribution >= 4 is 34.8 Å². The summed E-state index contributed by atoms with van der Waals surface area (Å²) in [6.07, 6.45) is -8.30. The van der Waals surface area contributed by atoms with Crippen LogP contribution in [0.3, 0.4) is 0 Å². The normalized spacial score (nSPS) is 12.0. The van der Waals surface area contributed by atoms with Crippen molar-refractivity contribution in [2.24, 2.45) is 0 Å². The van der Waals surface area contributed by atoms with E-state index in [2.05, 4.69) is 10.1 Å². The Morgan fingerprint density at radius 3 is 2.14 bits per heavy atom. The number of nitrogens with one attached hydrogen (secondary N) is 1. The van der Waals surface area contributed by atoms with E-state index in [0.717, 1.165) is 0 Å². The fraction of sp³-hybridized carbons (Fsp3) is 0.500. The van der Waals surface area contributed by atoms with Gasteiger partial charge >= 0.3 is 12.5 Å². The standard InChI is InChI=1S/C12H12Cl3F4NO2/c13-7-5-8(14)10(9(15)6-7)21-3-1-20-2-4-22-12(18,19)11(16)17/h5-6,11,20H,1-4H2. The number of halogens is 7. The molecule has 0 fully saturated rings. The van der Waals surface area contributed by atoms with Gasteiger partial charge in [0.2, 0.25) is 0 Å². The zero-order chi connectivity index (χ0) is 16.8. The topological polar surface area (TPSA) is 30.5 Å². The van der Waals surface area contributed by atoms with Crippen molar-refractivity contribution in [2.75, 3.05) is 26.3 Å². The Balaban J connectivity index is 2.22.